The van der Waals surface area contributed by atoms with Crippen LogP contribution in [0.15, 0.2) is 0 Å². The first kappa shape index (κ1) is 14.2. The Bertz CT molecular complexity index is 388. The minimum Gasteiger partial charge on any atom is -0.481 e. The van der Waals surface area contributed by atoms with Crippen LogP contribution in [0.2, 0.25) is 0 Å². The average Bonchev–Trinajstić information content (AvgIpc) is 2.74. The highest BCUT2D eigenvalue weighted by atomic mass is 32.2. The summed E-state index contributed by atoms with van der Waals surface area (Å²) in [5, 5.41) is 8.80. The molecule has 2 aliphatic rings. The molecular weight excluding hydrogens is 268 g/mol. The molecule has 6 nitrogen and oxygen atoms in total. The van der Waals surface area contributed by atoms with Crippen molar-refractivity contribution in [1.29, 1.82) is 0 Å². The summed E-state index contributed by atoms with van der Waals surface area (Å²) in [4.78, 5) is 37.5. The van der Waals surface area contributed by atoms with Crippen LogP contribution in [-0.4, -0.2) is 64.0 Å². The highest BCUT2D eigenvalue weighted by Crippen LogP contribution is 2.21. The van der Waals surface area contributed by atoms with Gasteiger partial charge in [0.2, 0.25) is 11.8 Å². The maximum atomic E-state index is 12.1. The van der Waals surface area contributed by atoms with Crippen molar-refractivity contribution in [3.05, 3.63) is 0 Å². The van der Waals surface area contributed by atoms with Crippen LogP contribution in [0.25, 0.3) is 0 Å². The van der Waals surface area contributed by atoms with E-state index >= 15 is 0 Å². The molecule has 0 aromatic rings. The van der Waals surface area contributed by atoms with Crippen molar-refractivity contribution in [3.63, 3.8) is 0 Å². The van der Waals surface area contributed by atoms with E-state index in [0.717, 1.165) is 12.8 Å². The van der Waals surface area contributed by atoms with Gasteiger partial charge >= 0.3 is 5.97 Å². The van der Waals surface area contributed by atoms with E-state index < -0.39 is 5.97 Å². The number of carboxylic acid groups (broad SMARTS) is 1. The standard InChI is InChI=1S/C12H18N2O4S/c15-10(6-14-8-19-7-11(14)16)13-3-1-2-9(5-13)4-12(17)18/h9H,1-8H2,(H,17,18). The lowest BCUT2D eigenvalue weighted by atomic mass is 9.95. The molecule has 0 aromatic heterocycles. The van der Waals surface area contributed by atoms with Gasteiger partial charge in [-0.25, -0.2) is 0 Å². The van der Waals surface area contributed by atoms with Gasteiger partial charge in [-0.2, -0.15) is 0 Å². The number of amides is 2. The Kier molecular flexibility index (Phi) is 4.68. The molecule has 2 heterocycles. The number of carboxylic acids is 1. The summed E-state index contributed by atoms with van der Waals surface area (Å²) >= 11 is 1.52. The van der Waals surface area contributed by atoms with Gasteiger partial charge in [0.25, 0.3) is 0 Å². The number of rotatable bonds is 4. The van der Waals surface area contributed by atoms with Crippen LogP contribution in [0.1, 0.15) is 19.3 Å². The molecule has 0 aromatic carbocycles. The zero-order valence-electron chi connectivity index (χ0n) is 10.7. The quantitative estimate of drug-likeness (QED) is 0.800. The summed E-state index contributed by atoms with van der Waals surface area (Å²) < 4.78 is 0. The molecule has 0 saturated carbocycles. The van der Waals surface area contributed by atoms with Gasteiger partial charge in [0, 0.05) is 19.5 Å². The summed E-state index contributed by atoms with van der Waals surface area (Å²) in [5.74, 6) is 0.207. The molecule has 2 fully saturated rings. The Balaban J connectivity index is 1.84. The predicted molar refractivity (Wildman–Crippen MR) is 70.6 cm³/mol. The van der Waals surface area contributed by atoms with E-state index in [0.29, 0.717) is 24.7 Å². The minimum atomic E-state index is -0.814. The number of hydrogen-bond donors (Lipinski definition) is 1. The molecular formula is C12H18N2O4S. The van der Waals surface area contributed by atoms with Crippen LogP contribution in [-0.2, 0) is 14.4 Å². The Morgan fingerprint density at radius 2 is 2.21 bits per heavy atom. The molecule has 2 aliphatic heterocycles. The molecule has 0 spiro atoms. The molecule has 0 aliphatic carbocycles. The minimum absolute atomic E-state index is 0.0115. The lowest BCUT2D eigenvalue weighted by Gasteiger charge is -2.33. The molecule has 7 heteroatoms. The second-order valence-electron chi connectivity index (χ2n) is 5.02. The fourth-order valence-corrected chi connectivity index (χ4v) is 3.41. The van der Waals surface area contributed by atoms with Gasteiger partial charge in [-0.3, -0.25) is 14.4 Å². The van der Waals surface area contributed by atoms with E-state index in [1.54, 1.807) is 9.80 Å². The largest absolute Gasteiger partial charge is 0.481 e. The van der Waals surface area contributed by atoms with E-state index in [2.05, 4.69) is 0 Å². The number of piperidine rings is 1. The summed E-state index contributed by atoms with van der Waals surface area (Å²) in [5.41, 5.74) is 0. The second kappa shape index (κ2) is 6.27. The topological polar surface area (TPSA) is 77.9 Å². The smallest absolute Gasteiger partial charge is 0.303 e. The number of likely N-dealkylation sites (tertiary alicyclic amines) is 1. The maximum absolute atomic E-state index is 12.1. The summed E-state index contributed by atoms with van der Waals surface area (Å²) in [6, 6.07) is 0. The van der Waals surface area contributed by atoms with Crippen molar-refractivity contribution in [2.24, 2.45) is 5.92 Å². The summed E-state index contributed by atoms with van der Waals surface area (Å²) in [7, 11) is 0. The molecule has 106 valence electrons. The van der Waals surface area contributed by atoms with Crippen LogP contribution < -0.4 is 0 Å². The molecule has 1 atom stereocenters. The van der Waals surface area contributed by atoms with E-state index in [1.165, 1.54) is 11.8 Å². The van der Waals surface area contributed by atoms with Gasteiger partial charge in [-0.1, -0.05) is 0 Å². The average molecular weight is 286 g/mol. The summed E-state index contributed by atoms with van der Waals surface area (Å²) in [6.07, 6.45) is 1.81. The van der Waals surface area contributed by atoms with E-state index in [9.17, 15) is 14.4 Å². The fourth-order valence-electron chi connectivity index (χ4n) is 2.51. The maximum Gasteiger partial charge on any atom is 0.303 e. The van der Waals surface area contributed by atoms with E-state index in [1.807, 2.05) is 0 Å². The van der Waals surface area contributed by atoms with Crippen molar-refractivity contribution >= 4 is 29.5 Å². The van der Waals surface area contributed by atoms with Gasteiger partial charge in [0.15, 0.2) is 0 Å². The van der Waals surface area contributed by atoms with Crippen LogP contribution in [0.5, 0.6) is 0 Å². The third kappa shape index (κ3) is 3.86. The Labute approximate surface area is 116 Å². The van der Waals surface area contributed by atoms with Crippen LogP contribution >= 0.6 is 11.8 Å². The third-order valence-corrected chi connectivity index (χ3v) is 4.43. The van der Waals surface area contributed by atoms with Crippen LogP contribution in [0.4, 0.5) is 0 Å². The molecule has 0 radical (unpaired) electrons. The number of aliphatic carboxylic acids is 1. The van der Waals surface area contributed by atoms with Gasteiger partial charge < -0.3 is 14.9 Å². The van der Waals surface area contributed by atoms with Crippen molar-refractivity contribution in [2.75, 3.05) is 31.3 Å². The number of thioether (sulfide) groups is 1. The zero-order valence-corrected chi connectivity index (χ0v) is 11.5. The molecule has 2 saturated heterocycles. The van der Waals surface area contributed by atoms with Crippen molar-refractivity contribution in [3.8, 4) is 0 Å². The first-order valence-electron chi connectivity index (χ1n) is 6.41. The lowest BCUT2D eigenvalue weighted by Crippen LogP contribution is -2.45. The zero-order chi connectivity index (χ0) is 13.8. The first-order chi connectivity index (χ1) is 9.06. The highest BCUT2D eigenvalue weighted by Gasteiger charge is 2.29. The number of carbonyl (C=O) groups is 3. The Morgan fingerprint density at radius 1 is 1.42 bits per heavy atom. The number of carbonyl (C=O) groups excluding carboxylic acids is 2. The number of nitrogens with zero attached hydrogens (tertiary/aromatic N) is 2. The van der Waals surface area contributed by atoms with Gasteiger partial charge in [0.1, 0.15) is 6.54 Å². The molecule has 1 unspecified atom stereocenters. The highest BCUT2D eigenvalue weighted by molar-refractivity contribution is 8.00. The van der Waals surface area contributed by atoms with Crippen LogP contribution in [0.3, 0.4) is 0 Å². The van der Waals surface area contributed by atoms with Gasteiger partial charge in [-0.05, 0) is 18.8 Å². The van der Waals surface area contributed by atoms with Gasteiger partial charge in [-0.15, -0.1) is 11.8 Å². The second-order valence-corrected chi connectivity index (χ2v) is 5.97. The van der Waals surface area contributed by atoms with Crippen molar-refractivity contribution < 1.29 is 19.5 Å². The molecule has 2 rings (SSSR count). The van der Waals surface area contributed by atoms with Crippen molar-refractivity contribution in [1.82, 2.24) is 9.80 Å². The fraction of sp³-hybridized carbons (Fsp3) is 0.750. The molecule has 19 heavy (non-hydrogen) atoms. The normalized spacial score (nSPS) is 23.8. The van der Waals surface area contributed by atoms with E-state index in [4.69, 9.17) is 5.11 Å². The lowest BCUT2D eigenvalue weighted by molar-refractivity contribution is -0.142. The Morgan fingerprint density at radius 3 is 2.84 bits per heavy atom. The van der Waals surface area contributed by atoms with Crippen molar-refractivity contribution in [2.45, 2.75) is 19.3 Å². The van der Waals surface area contributed by atoms with E-state index in [-0.39, 0.29) is 30.7 Å². The van der Waals surface area contributed by atoms with Crippen LogP contribution in [0, 0.1) is 5.92 Å². The van der Waals surface area contributed by atoms with Gasteiger partial charge in [0.05, 0.1) is 11.6 Å². The third-order valence-electron chi connectivity index (χ3n) is 3.49. The molecule has 2 amide bonds. The first-order valence-corrected chi connectivity index (χ1v) is 7.57. The molecule has 1 N–H and O–H groups in total. The Hall–Kier alpha value is -1.24. The number of hydrogen-bond acceptors (Lipinski definition) is 4. The molecule has 0 bridgehead atoms. The predicted octanol–water partition coefficient (Wildman–Crippen LogP) is 0.233. The summed E-state index contributed by atoms with van der Waals surface area (Å²) in [6.45, 7) is 1.30. The monoisotopic (exact) mass is 286 g/mol. The SMILES string of the molecule is O=C(O)CC1CCCN(C(=O)CN2CSCC2=O)C1.